The first-order valence-corrected chi connectivity index (χ1v) is 6.43. The molecule has 106 valence electrons. The number of nitrogens with one attached hydrogen (secondary N) is 2. The molecule has 20 heavy (non-hydrogen) atoms. The summed E-state index contributed by atoms with van der Waals surface area (Å²) in [5, 5.41) is 5.26. The number of likely N-dealkylation sites (N-methyl/N-ethyl adjacent to an activating group) is 1. The maximum absolute atomic E-state index is 12.4. The van der Waals surface area contributed by atoms with E-state index in [1.54, 1.807) is 31.4 Å². The number of carbonyl (C=O) groups excluding carboxylic acids is 3. The van der Waals surface area contributed by atoms with Gasteiger partial charge >= 0.3 is 0 Å². The fraction of sp³-hybridized carbons (Fsp3) is 0.357. The van der Waals surface area contributed by atoms with E-state index in [1.807, 2.05) is 0 Å². The summed E-state index contributed by atoms with van der Waals surface area (Å²) in [4.78, 5) is 36.9. The molecule has 6 heteroatoms. The topological polar surface area (TPSA) is 78.5 Å². The molecule has 0 bridgehead atoms. The number of imide groups is 1. The van der Waals surface area contributed by atoms with Crippen molar-refractivity contribution in [3.63, 3.8) is 0 Å². The van der Waals surface area contributed by atoms with Gasteiger partial charge in [-0.15, -0.1) is 0 Å². The Bertz CT molecular complexity index is 522. The molecule has 2 aliphatic rings. The van der Waals surface area contributed by atoms with Crippen LogP contribution in [0.1, 0.15) is 12.8 Å². The van der Waals surface area contributed by atoms with Crippen molar-refractivity contribution in [1.29, 1.82) is 0 Å². The van der Waals surface area contributed by atoms with E-state index in [0.29, 0.717) is 12.0 Å². The third kappa shape index (κ3) is 2.55. The molecule has 0 aromatic rings. The van der Waals surface area contributed by atoms with Crippen molar-refractivity contribution in [2.24, 2.45) is 0 Å². The number of piperidine rings is 1. The Morgan fingerprint density at radius 2 is 2.20 bits per heavy atom. The third-order valence-corrected chi connectivity index (χ3v) is 3.37. The minimum Gasteiger partial charge on any atom is -0.307 e. The van der Waals surface area contributed by atoms with E-state index in [0.717, 1.165) is 0 Å². The number of hydrogen-bond donors (Lipinski definition) is 2. The lowest BCUT2D eigenvalue weighted by molar-refractivity contribution is -0.144. The number of allylic oxidation sites excluding steroid dienone is 2. The molecular formula is C14H17N3O3. The van der Waals surface area contributed by atoms with Crippen molar-refractivity contribution in [3.8, 4) is 0 Å². The highest BCUT2D eigenvalue weighted by Crippen LogP contribution is 2.24. The van der Waals surface area contributed by atoms with Gasteiger partial charge in [0.25, 0.3) is 5.91 Å². The van der Waals surface area contributed by atoms with Gasteiger partial charge in [0.2, 0.25) is 11.8 Å². The summed E-state index contributed by atoms with van der Waals surface area (Å²) in [6.45, 7) is 3.56. The number of carbonyl (C=O) groups is 3. The predicted molar refractivity (Wildman–Crippen MR) is 73.3 cm³/mol. The zero-order valence-corrected chi connectivity index (χ0v) is 11.3. The predicted octanol–water partition coefficient (Wildman–Crippen LogP) is -0.152. The summed E-state index contributed by atoms with van der Waals surface area (Å²) in [7, 11) is 1.72. The zero-order valence-electron chi connectivity index (χ0n) is 11.3. The van der Waals surface area contributed by atoms with Crippen LogP contribution in [-0.2, 0) is 14.4 Å². The number of rotatable bonds is 4. The summed E-state index contributed by atoms with van der Waals surface area (Å²) in [5.74, 6) is -0.937. The van der Waals surface area contributed by atoms with Gasteiger partial charge in [-0.2, -0.15) is 0 Å². The highest BCUT2D eigenvalue weighted by Gasteiger charge is 2.41. The van der Waals surface area contributed by atoms with E-state index in [9.17, 15) is 14.4 Å². The first-order valence-electron chi connectivity index (χ1n) is 6.43. The monoisotopic (exact) mass is 275 g/mol. The van der Waals surface area contributed by atoms with Crippen molar-refractivity contribution < 1.29 is 14.4 Å². The molecule has 0 aromatic carbocycles. The number of nitrogens with zero attached hydrogens (tertiary/aromatic N) is 1. The Hall–Kier alpha value is -2.21. The lowest BCUT2D eigenvalue weighted by Gasteiger charge is -2.33. The fourth-order valence-electron chi connectivity index (χ4n) is 2.40. The molecular weight excluding hydrogens is 258 g/mol. The van der Waals surface area contributed by atoms with Gasteiger partial charge in [0.05, 0.1) is 0 Å². The molecule has 6 nitrogen and oxygen atoms in total. The van der Waals surface area contributed by atoms with Crippen LogP contribution in [0.4, 0.5) is 0 Å². The Balaban J connectivity index is 2.21. The molecule has 0 aliphatic carbocycles. The van der Waals surface area contributed by atoms with E-state index >= 15 is 0 Å². The van der Waals surface area contributed by atoms with E-state index < -0.39 is 11.9 Å². The molecule has 2 atom stereocenters. The third-order valence-electron chi connectivity index (χ3n) is 3.37. The molecule has 2 heterocycles. The number of amides is 3. The normalized spacial score (nSPS) is 26.9. The van der Waals surface area contributed by atoms with Gasteiger partial charge in [-0.3, -0.25) is 25.0 Å². The molecule has 0 aromatic heterocycles. The molecule has 1 saturated heterocycles. The Labute approximate surface area is 117 Å². The highest BCUT2D eigenvalue weighted by atomic mass is 16.2. The summed E-state index contributed by atoms with van der Waals surface area (Å²) < 4.78 is 0. The van der Waals surface area contributed by atoms with Gasteiger partial charge in [-0.1, -0.05) is 18.7 Å². The maximum atomic E-state index is 12.4. The molecule has 2 N–H and O–H groups in total. The molecule has 0 spiro atoms. The van der Waals surface area contributed by atoms with Gasteiger partial charge in [0, 0.05) is 12.0 Å². The van der Waals surface area contributed by atoms with Crippen LogP contribution < -0.4 is 10.6 Å². The van der Waals surface area contributed by atoms with E-state index in [-0.39, 0.29) is 24.4 Å². The van der Waals surface area contributed by atoms with Crippen LogP contribution in [0.2, 0.25) is 0 Å². The zero-order chi connectivity index (χ0) is 14.7. The molecule has 3 amide bonds. The van der Waals surface area contributed by atoms with Crippen molar-refractivity contribution in [2.45, 2.75) is 25.0 Å². The lowest BCUT2D eigenvalue weighted by Crippen LogP contribution is -2.57. The average molecular weight is 275 g/mol. The van der Waals surface area contributed by atoms with Crippen LogP contribution >= 0.6 is 0 Å². The van der Waals surface area contributed by atoms with E-state index in [2.05, 4.69) is 17.2 Å². The Kier molecular flexibility index (Phi) is 4.14. The van der Waals surface area contributed by atoms with Crippen LogP contribution in [0.5, 0.6) is 0 Å². The van der Waals surface area contributed by atoms with Crippen LogP contribution in [-0.4, -0.2) is 41.9 Å². The molecule has 2 aliphatic heterocycles. The standard InChI is InChI=1S/C14H17N3O3/c1-3-4-5-9-8-11(15-2)17(14(9)20)10-6-7-12(18)16-13(10)19/h3-5,8,10-11,15H,1,6-7H2,2H3,(H,16,18,19)/b5-4-. The van der Waals surface area contributed by atoms with Crippen LogP contribution in [0.25, 0.3) is 0 Å². The Morgan fingerprint density at radius 3 is 2.80 bits per heavy atom. The minimum absolute atomic E-state index is 0.225. The molecule has 2 rings (SSSR count). The average Bonchev–Trinajstić information content (AvgIpc) is 2.73. The minimum atomic E-state index is -0.622. The quantitative estimate of drug-likeness (QED) is 0.552. The van der Waals surface area contributed by atoms with E-state index in [4.69, 9.17) is 0 Å². The van der Waals surface area contributed by atoms with Gasteiger partial charge in [-0.05, 0) is 25.6 Å². The molecule has 0 radical (unpaired) electrons. The lowest BCUT2D eigenvalue weighted by atomic mass is 10.0. The molecule has 0 saturated carbocycles. The Morgan fingerprint density at radius 1 is 1.45 bits per heavy atom. The number of hydrogen-bond acceptors (Lipinski definition) is 4. The smallest absolute Gasteiger partial charge is 0.255 e. The second-order valence-electron chi connectivity index (χ2n) is 4.63. The largest absolute Gasteiger partial charge is 0.307 e. The summed E-state index contributed by atoms with van der Waals surface area (Å²) >= 11 is 0. The van der Waals surface area contributed by atoms with Crippen LogP contribution in [0, 0.1) is 0 Å². The fourth-order valence-corrected chi connectivity index (χ4v) is 2.40. The van der Waals surface area contributed by atoms with Crippen LogP contribution in [0.15, 0.2) is 36.5 Å². The summed E-state index contributed by atoms with van der Waals surface area (Å²) in [6, 6.07) is -0.622. The first kappa shape index (κ1) is 14.2. The first-order chi connectivity index (χ1) is 9.58. The molecule has 2 unspecified atom stereocenters. The second-order valence-corrected chi connectivity index (χ2v) is 4.63. The van der Waals surface area contributed by atoms with Gasteiger partial charge in [0.1, 0.15) is 12.2 Å². The van der Waals surface area contributed by atoms with Gasteiger partial charge in [0.15, 0.2) is 0 Å². The van der Waals surface area contributed by atoms with Gasteiger partial charge in [-0.25, -0.2) is 0 Å². The summed E-state index contributed by atoms with van der Waals surface area (Å²) in [5.41, 5.74) is 0.508. The van der Waals surface area contributed by atoms with Crippen molar-refractivity contribution in [2.75, 3.05) is 7.05 Å². The van der Waals surface area contributed by atoms with Crippen molar-refractivity contribution in [3.05, 3.63) is 36.5 Å². The van der Waals surface area contributed by atoms with E-state index in [1.165, 1.54) is 4.90 Å². The SMILES string of the molecule is C=C/C=C\C1=CC(NC)N(C2CCC(=O)NC2=O)C1=O. The molecule has 1 fully saturated rings. The van der Waals surface area contributed by atoms with Crippen molar-refractivity contribution in [1.82, 2.24) is 15.5 Å². The maximum Gasteiger partial charge on any atom is 0.255 e. The van der Waals surface area contributed by atoms with Crippen molar-refractivity contribution >= 4 is 17.7 Å². The second kappa shape index (κ2) is 5.83. The van der Waals surface area contributed by atoms with Crippen LogP contribution in [0.3, 0.4) is 0 Å². The van der Waals surface area contributed by atoms with Gasteiger partial charge < -0.3 is 4.90 Å². The summed E-state index contributed by atoms with van der Waals surface area (Å²) in [6.07, 6.45) is 6.91. The highest BCUT2D eigenvalue weighted by molar-refractivity contribution is 6.05.